The van der Waals surface area contributed by atoms with E-state index in [1.807, 2.05) is 0 Å². The fourth-order valence-electron chi connectivity index (χ4n) is 1.58. The van der Waals surface area contributed by atoms with E-state index >= 15 is 0 Å². The van der Waals surface area contributed by atoms with Gasteiger partial charge >= 0.3 is 0 Å². The van der Waals surface area contributed by atoms with Crippen molar-refractivity contribution in [3.05, 3.63) is 24.2 Å². The minimum absolute atomic E-state index is 0.794. The second kappa shape index (κ2) is 8.40. The van der Waals surface area contributed by atoms with E-state index in [2.05, 4.69) is 33.1 Å². The van der Waals surface area contributed by atoms with Crippen LogP contribution < -0.4 is 0 Å². The average molecular weight is 256 g/mol. The molecule has 0 aliphatic heterocycles. The minimum Gasteiger partial charge on any atom is -0.544 e. The highest BCUT2D eigenvalue weighted by Crippen LogP contribution is 2.21. The Hall–Kier alpha value is -0.703. The zero-order chi connectivity index (χ0) is 13.3. The molecule has 2 nitrogen and oxygen atoms in total. The van der Waals surface area contributed by atoms with Gasteiger partial charge in [0.2, 0.25) is 8.32 Å². The van der Waals surface area contributed by atoms with Crippen LogP contribution in [0.25, 0.3) is 0 Å². The van der Waals surface area contributed by atoms with E-state index in [1.54, 1.807) is 13.4 Å². The summed E-state index contributed by atoms with van der Waals surface area (Å²) in [5, 5.41) is 0. The molecule has 0 spiro atoms. The topological polar surface area (TPSA) is 18.5 Å². The fourth-order valence-corrected chi connectivity index (χ4v) is 2.45. The molecule has 0 amide bonds. The van der Waals surface area contributed by atoms with Gasteiger partial charge in [0.1, 0.15) is 5.76 Å². The Bertz CT molecular complexity index is 251. The van der Waals surface area contributed by atoms with Gasteiger partial charge in [0.25, 0.3) is 0 Å². The summed E-state index contributed by atoms with van der Waals surface area (Å²) >= 11 is 0. The maximum Gasteiger partial charge on any atom is 0.242 e. The third-order valence-corrected chi connectivity index (χ3v) is 3.21. The summed E-state index contributed by atoms with van der Waals surface area (Å²) in [4.78, 5) is 0. The Balaban J connectivity index is 4.23. The first-order chi connectivity index (χ1) is 7.90. The molecule has 0 aliphatic carbocycles. The van der Waals surface area contributed by atoms with Gasteiger partial charge in [-0.15, -0.1) is 0 Å². The summed E-state index contributed by atoms with van der Waals surface area (Å²) < 4.78 is 11.0. The van der Waals surface area contributed by atoms with Crippen LogP contribution in [0.15, 0.2) is 24.2 Å². The highest BCUT2D eigenvalue weighted by Gasteiger charge is 2.18. The van der Waals surface area contributed by atoms with Crippen molar-refractivity contribution in [2.24, 2.45) is 0 Å². The smallest absolute Gasteiger partial charge is 0.242 e. The highest BCUT2D eigenvalue weighted by atomic mass is 28.4. The molecule has 0 saturated carbocycles. The number of rotatable bonds is 9. The van der Waals surface area contributed by atoms with Crippen LogP contribution in [0, 0.1) is 0 Å². The molecule has 0 radical (unpaired) electrons. The standard InChI is InChI=1S/C14H28O2Si/c1-7-8-9-10-11-14(12-15-3)13(2)16-17(4,5)6/h12H,2,7-11H2,1,3-6H3. The van der Waals surface area contributed by atoms with E-state index in [0.717, 1.165) is 17.8 Å². The quantitative estimate of drug-likeness (QED) is 0.254. The third-order valence-electron chi connectivity index (χ3n) is 2.35. The van der Waals surface area contributed by atoms with Crippen molar-refractivity contribution >= 4 is 8.32 Å². The van der Waals surface area contributed by atoms with Crippen molar-refractivity contribution in [3.63, 3.8) is 0 Å². The van der Waals surface area contributed by atoms with Gasteiger partial charge in [-0.2, -0.15) is 0 Å². The van der Waals surface area contributed by atoms with E-state index in [1.165, 1.54) is 25.7 Å². The molecule has 0 bridgehead atoms. The maximum atomic E-state index is 5.91. The molecular formula is C14H28O2Si. The van der Waals surface area contributed by atoms with Crippen LogP contribution in [-0.2, 0) is 9.16 Å². The van der Waals surface area contributed by atoms with Crippen LogP contribution in [0.4, 0.5) is 0 Å². The number of hydrogen-bond acceptors (Lipinski definition) is 2. The van der Waals surface area contributed by atoms with E-state index < -0.39 is 8.32 Å². The average Bonchev–Trinajstić information content (AvgIpc) is 2.20. The number of ether oxygens (including phenoxy) is 1. The van der Waals surface area contributed by atoms with Crippen LogP contribution in [-0.4, -0.2) is 15.4 Å². The lowest BCUT2D eigenvalue weighted by Crippen LogP contribution is -2.25. The van der Waals surface area contributed by atoms with Crippen molar-refractivity contribution in [1.82, 2.24) is 0 Å². The summed E-state index contributed by atoms with van der Waals surface area (Å²) in [5.41, 5.74) is 1.10. The fraction of sp³-hybridized carbons (Fsp3) is 0.714. The maximum absolute atomic E-state index is 5.91. The van der Waals surface area contributed by atoms with Gasteiger partial charge in [0.05, 0.1) is 13.4 Å². The molecular weight excluding hydrogens is 228 g/mol. The minimum atomic E-state index is -1.56. The summed E-state index contributed by atoms with van der Waals surface area (Å²) in [6, 6.07) is 0. The number of hydrogen-bond donors (Lipinski definition) is 0. The zero-order valence-corrected chi connectivity index (χ0v) is 13.1. The van der Waals surface area contributed by atoms with Gasteiger partial charge in [0, 0.05) is 5.57 Å². The van der Waals surface area contributed by atoms with E-state index in [4.69, 9.17) is 9.16 Å². The second-order valence-corrected chi connectivity index (χ2v) is 9.76. The molecule has 0 unspecified atom stereocenters. The van der Waals surface area contributed by atoms with Gasteiger partial charge in [-0.3, -0.25) is 0 Å². The molecule has 0 rings (SSSR count). The SMILES string of the molecule is C=C(O[Si](C)(C)C)C(=COC)CCCCCC. The number of allylic oxidation sites excluding steroid dienone is 1. The van der Waals surface area contributed by atoms with Crippen LogP contribution >= 0.6 is 0 Å². The van der Waals surface area contributed by atoms with E-state index in [9.17, 15) is 0 Å². The Kier molecular flexibility index (Phi) is 8.05. The van der Waals surface area contributed by atoms with Crippen LogP contribution in [0.1, 0.15) is 39.0 Å². The molecule has 0 heterocycles. The molecule has 0 aromatic rings. The molecule has 0 fully saturated rings. The predicted molar refractivity (Wildman–Crippen MR) is 77.4 cm³/mol. The molecule has 100 valence electrons. The third kappa shape index (κ3) is 9.04. The molecule has 0 aromatic carbocycles. The Morgan fingerprint density at radius 3 is 2.29 bits per heavy atom. The van der Waals surface area contributed by atoms with Crippen molar-refractivity contribution in [2.45, 2.75) is 58.7 Å². The van der Waals surface area contributed by atoms with Gasteiger partial charge in [-0.05, 0) is 32.5 Å². The van der Waals surface area contributed by atoms with Crippen LogP contribution in [0.3, 0.4) is 0 Å². The van der Waals surface area contributed by atoms with Crippen molar-refractivity contribution in [2.75, 3.05) is 7.11 Å². The van der Waals surface area contributed by atoms with E-state index in [-0.39, 0.29) is 0 Å². The van der Waals surface area contributed by atoms with Crippen molar-refractivity contribution in [3.8, 4) is 0 Å². The van der Waals surface area contributed by atoms with Gasteiger partial charge in [0.15, 0.2) is 0 Å². The molecule has 0 aromatic heterocycles. The van der Waals surface area contributed by atoms with Gasteiger partial charge < -0.3 is 9.16 Å². The van der Waals surface area contributed by atoms with Crippen molar-refractivity contribution < 1.29 is 9.16 Å². The molecule has 0 N–H and O–H groups in total. The second-order valence-electron chi connectivity index (χ2n) is 5.33. The normalized spacial score (nSPS) is 12.4. The first-order valence-corrected chi connectivity index (χ1v) is 9.91. The summed E-state index contributed by atoms with van der Waals surface area (Å²) in [6.45, 7) is 12.7. The predicted octanol–water partition coefficient (Wildman–Crippen LogP) is 4.85. The molecule has 0 atom stereocenters. The molecule has 3 heteroatoms. The first-order valence-electron chi connectivity index (χ1n) is 6.51. The Morgan fingerprint density at radius 1 is 1.18 bits per heavy atom. The Morgan fingerprint density at radius 2 is 1.82 bits per heavy atom. The van der Waals surface area contributed by atoms with Crippen molar-refractivity contribution in [1.29, 1.82) is 0 Å². The van der Waals surface area contributed by atoms with Gasteiger partial charge in [-0.1, -0.05) is 32.8 Å². The summed E-state index contributed by atoms with van der Waals surface area (Å²) in [5.74, 6) is 0.794. The molecule has 17 heavy (non-hydrogen) atoms. The van der Waals surface area contributed by atoms with E-state index in [0.29, 0.717) is 0 Å². The summed E-state index contributed by atoms with van der Waals surface area (Å²) in [6.07, 6.45) is 7.76. The van der Waals surface area contributed by atoms with Gasteiger partial charge in [-0.25, -0.2) is 0 Å². The first kappa shape index (κ1) is 16.3. The lowest BCUT2D eigenvalue weighted by molar-refractivity contribution is 0.326. The Labute approximate surface area is 108 Å². The summed E-state index contributed by atoms with van der Waals surface area (Å²) in [7, 11) is 0.112. The monoisotopic (exact) mass is 256 g/mol. The zero-order valence-electron chi connectivity index (χ0n) is 12.1. The largest absolute Gasteiger partial charge is 0.544 e. The number of unbranched alkanes of at least 4 members (excludes halogenated alkanes) is 3. The van der Waals surface area contributed by atoms with Crippen LogP contribution in [0.2, 0.25) is 19.6 Å². The highest BCUT2D eigenvalue weighted by molar-refractivity contribution is 6.70. The molecule has 0 aliphatic rings. The van der Waals surface area contributed by atoms with Crippen LogP contribution in [0.5, 0.6) is 0 Å². The molecule has 0 saturated heterocycles. The number of methoxy groups -OCH3 is 1. The lowest BCUT2D eigenvalue weighted by atomic mass is 10.1. The lowest BCUT2D eigenvalue weighted by Gasteiger charge is -2.22.